The Morgan fingerprint density at radius 1 is 1.38 bits per heavy atom. The van der Waals surface area contributed by atoms with Crippen LogP contribution >= 0.6 is 11.6 Å². The Hall–Kier alpha value is -1.09. The lowest BCUT2D eigenvalue weighted by Crippen LogP contribution is -2.39. The highest BCUT2D eigenvalue weighted by Crippen LogP contribution is 2.30. The van der Waals surface area contributed by atoms with Crippen molar-refractivity contribution in [3.63, 3.8) is 0 Å². The van der Waals surface area contributed by atoms with Crippen LogP contribution in [0, 0.1) is 0 Å². The molecule has 1 aromatic heterocycles. The van der Waals surface area contributed by atoms with Crippen molar-refractivity contribution in [3.8, 4) is 0 Å². The van der Waals surface area contributed by atoms with Crippen LogP contribution in [0.15, 0.2) is 12.1 Å². The van der Waals surface area contributed by atoms with Gasteiger partial charge in [-0.25, -0.2) is 4.98 Å². The van der Waals surface area contributed by atoms with Crippen LogP contribution in [0.1, 0.15) is 69.9 Å². The minimum atomic E-state index is -0.124. The van der Waals surface area contributed by atoms with Crippen molar-refractivity contribution in [2.24, 2.45) is 0 Å². The number of aromatic nitrogens is 1. The van der Waals surface area contributed by atoms with Crippen molar-refractivity contribution in [2.75, 3.05) is 0 Å². The standard InChI is InChI=1S/C17H25ClN2O/c1-6-13-8-7-11(2)20(13)16(21)12-9-14(17(3,4)5)19-15(18)10-12/h9-11,13H,6-8H2,1-5H3. The van der Waals surface area contributed by atoms with E-state index in [0.717, 1.165) is 25.0 Å². The average Bonchev–Trinajstić information content (AvgIpc) is 2.77. The lowest BCUT2D eigenvalue weighted by atomic mass is 9.90. The van der Waals surface area contributed by atoms with E-state index < -0.39 is 0 Å². The summed E-state index contributed by atoms with van der Waals surface area (Å²) in [6.07, 6.45) is 3.17. The summed E-state index contributed by atoms with van der Waals surface area (Å²) >= 11 is 6.13. The molecule has 116 valence electrons. The zero-order chi connectivity index (χ0) is 15.8. The van der Waals surface area contributed by atoms with Gasteiger partial charge in [0, 0.05) is 28.8 Å². The summed E-state index contributed by atoms with van der Waals surface area (Å²) in [7, 11) is 0. The van der Waals surface area contributed by atoms with Gasteiger partial charge in [-0.05, 0) is 38.3 Å². The van der Waals surface area contributed by atoms with E-state index in [-0.39, 0.29) is 11.3 Å². The number of likely N-dealkylation sites (tertiary alicyclic amines) is 1. The van der Waals surface area contributed by atoms with E-state index in [1.807, 2.05) is 11.0 Å². The Bertz CT molecular complexity index is 536. The first kappa shape index (κ1) is 16.3. The zero-order valence-corrected chi connectivity index (χ0v) is 14.4. The maximum atomic E-state index is 12.9. The van der Waals surface area contributed by atoms with Gasteiger partial charge < -0.3 is 4.90 Å². The molecule has 0 spiro atoms. The topological polar surface area (TPSA) is 33.2 Å². The molecule has 1 aliphatic rings. The van der Waals surface area contributed by atoms with Crippen LogP contribution in [0.4, 0.5) is 0 Å². The lowest BCUT2D eigenvalue weighted by molar-refractivity contribution is 0.0676. The highest BCUT2D eigenvalue weighted by Gasteiger charge is 2.34. The second kappa shape index (κ2) is 5.96. The van der Waals surface area contributed by atoms with Gasteiger partial charge in [0.05, 0.1) is 0 Å². The van der Waals surface area contributed by atoms with E-state index >= 15 is 0 Å². The first-order chi connectivity index (χ1) is 9.74. The van der Waals surface area contributed by atoms with Gasteiger partial charge in [0.2, 0.25) is 0 Å². The fourth-order valence-corrected chi connectivity index (χ4v) is 3.20. The third-order valence-corrected chi connectivity index (χ3v) is 4.49. The van der Waals surface area contributed by atoms with Gasteiger partial charge >= 0.3 is 0 Å². The lowest BCUT2D eigenvalue weighted by Gasteiger charge is -2.28. The summed E-state index contributed by atoms with van der Waals surface area (Å²) in [5, 5.41) is 0.394. The molecular formula is C17H25ClN2O. The second-order valence-electron chi connectivity index (χ2n) is 7.01. The molecule has 0 bridgehead atoms. The number of halogens is 1. The van der Waals surface area contributed by atoms with E-state index in [1.165, 1.54) is 0 Å². The number of hydrogen-bond acceptors (Lipinski definition) is 2. The minimum absolute atomic E-state index is 0.0849. The molecule has 1 amide bonds. The molecule has 2 atom stereocenters. The predicted octanol–water partition coefficient (Wildman–Crippen LogP) is 4.44. The monoisotopic (exact) mass is 308 g/mol. The van der Waals surface area contributed by atoms with E-state index in [1.54, 1.807) is 6.07 Å². The molecule has 0 aliphatic carbocycles. The Morgan fingerprint density at radius 3 is 2.62 bits per heavy atom. The maximum absolute atomic E-state index is 12.9. The average molecular weight is 309 g/mol. The molecule has 0 radical (unpaired) electrons. The number of pyridine rings is 1. The molecule has 1 saturated heterocycles. The zero-order valence-electron chi connectivity index (χ0n) is 13.6. The molecule has 3 nitrogen and oxygen atoms in total. The summed E-state index contributed by atoms with van der Waals surface area (Å²) in [5.74, 6) is 0.0849. The van der Waals surface area contributed by atoms with Gasteiger partial charge in [-0.3, -0.25) is 4.79 Å². The summed E-state index contributed by atoms with van der Waals surface area (Å²) < 4.78 is 0. The van der Waals surface area contributed by atoms with Crippen molar-refractivity contribution in [1.82, 2.24) is 9.88 Å². The van der Waals surface area contributed by atoms with Gasteiger partial charge in [0.1, 0.15) is 5.15 Å². The third-order valence-electron chi connectivity index (χ3n) is 4.30. The Morgan fingerprint density at radius 2 is 2.05 bits per heavy atom. The van der Waals surface area contributed by atoms with Crippen LogP contribution in [-0.4, -0.2) is 27.9 Å². The SMILES string of the molecule is CCC1CCC(C)N1C(=O)c1cc(Cl)nc(C(C)(C)C)c1. The highest BCUT2D eigenvalue weighted by molar-refractivity contribution is 6.29. The molecular weight excluding hydrogens is 284 g/mol. The van der Waals surface area contributed by atoms with Crippen LogP contribution in [0.3, 0.4) is 0 Å². The van der Waals surface area contributed by atoms with Crippen LogP contribution in [0.5, 0.6) is 0 Å². The van der Waals surface area contributed by atoms with E-state index in [2.05, 4.69) is 39.6 Å². The molecule has 1 fully saturated rings. The van der Waals surface area contributed by atoms with E-state index in [0.29, 0.717) is 22.8 Å². The Labute approximate surface area is 132 Å². The Balaban J connectivity index is 2.37. The predicted molar refractivity (Wildman–Crippen MR) is 86.9 cm³/mol. The van der Waals surface area contributed by atoms with Crippen molar-refractivity contribution >= 4 is 17.5 Å². The van der Waals surface area contributed by atoms with Crippen molar-refractivity contribution < 1.29 is 4.79 Å². The minimum Gasteiger partial charge on any atom is -0.333 e. The van der Waals surface area contributed by atoms with E-state index in [4.69, 9.17) is 11.6 Å². The molecule has 4 heteroatoms. The van der Waals surface area contributed by atoms with Gasteiger partial charge in [0.15, 0.2) is 0 Å². The van der Waals surface area contributed by atoms with Gasteiger partial charge in [-0.1, -0.05) is 39.3 Å². The van der Waals surface area contributed by atoms with Crippen molar-refractivity contribution in [3.05, 3.63) is 28.5 Å². The fraction of sp³-hybridized carbons (Fsp3) is 0.647. The largest absolute Gasteiger partial charge is 0.333 e. The van der Waals surface area contributed by atoms with Crippen molar-refractivity contribution in [1.29, 1.82) is 0 Å². The third kappa shape index (κ3) is 3.39. The first-order valence-electron chi connectivity index (χ1n) is 7.74. The maximum Gasteiger partial charge on any atom is 0.254 e. The second-order valence-corrected chi connectivity index (χ2v) is 7.40. The fourth-order valence-electron chi connectivity index (χ4n) is 2.99. The quantitative estimate of drug-likeness (QED) is 0.757. The highest BCUT2D eigenvalue weighted by atomic mass is 35.5. The van der Waals surface area contributed by atoms with Crippen LogP contribution in [-0.2, 0) is 5.41 Å². The summed E-state index contributed by atoms with van der Waals surface area (Å²) in [5.41, 5.74) is 1.39. The summed E-state index contributed by atoms with van der Waals surface area (Å²) in [4.78, 5) is 19.3. The van der Waals surface area contributed by atoms with Gasteiger partial charge in [0.25, 0.3) is 5.91 Å². The molecule has 1 aliphatic heterocycles. The normalized spacial score (nSPS) is 22.7. The molecule has 2 unspecified atom stereocenters. The van der Waals surface area contributed by atoms with Crippen LogP contribution < -0.4 is 0 Å². The first-order valence-corrected chi connectivity index (χ1v) is 8.12. The van der Waals surface area contributed by atoms with E-state index in [9.17, 15) is 4.79 Å². The van der Waals surface area contributed by atoms with Crippen LogP contribution in [0.2, 0.25) is 5.15 Å². The molecule has 21 heavy (non-hydrogen) atoms. The summed E-state index contributed by atoms with van der Waals surface area (Å²) in [6.45, 7) is 10.5. The van der Waals surface area contributed by atoms with Gasteiger partial charge in [-0.2, -0.15) is 0 Å². The molecule has 2 heterocycles. The molecule has 0 saturated carbocycles. The van der Waals surface area contributed by atoms with Gasteiger partial charge in [-0.15, -0.1) is 0 Å². The number of amides is 1. The summed E-state index contributed by atoms with van der Waals surface area (Å²) in [6, 6.07) is 4.23. The Kier molecular flexibility index (Phi) is 4.62. The number of hydrogen-bond donors (Lipinski definition) is 0. The van der Waals surface area contributed by atoms with Crippen LogP contribution in [0.25, 0.3) is 0 Å². The number of nitrogens with zero attached hydrogens (tertiary/aromatic N) is 2. The number of carbonyl (C=O) groups excluding carboxylic acids is 1. The molecule has 0 N–H and O–H groups in total. The molecule has 0 aromatic carbocycles. The van der Waals surface area contributed by atoms with Crippen molar-refractivity contribution in [2.45, 2.75) is 71.4 Å². The number of carbonyl (C=O) groups is 1. The molecule has 1 aromatic rings. The smallest absolute Gasteiger partial charge is 0.254 e. The number of rotatable bonds is 2. The molecule has 2 rings (SSSR count).